The molecule has 3 rings (SSSR count). The molecule has 9 nitrogen and oxygen atoms in total. The van der Waals surface area contributed by atoms with Crippen LogP contribution in [0.2, 0.25) is 0 Å². The number of anilines is 1. The third kappa shape index (κ3) is 3.11. The summed E-state index contributed by atoms with van der Waals surface area (Å²) < 4.78 is 10.4. The monoisotopic (exact) mass is 322 g/mol. The number of benzene rings is 1. The Morgan fingerprint density at radius 2 is 2.14 bits per heavy atom. The van der Waals surface area contributed by atoms with Crippen LogP contribution in [0.4, 0.5) is 5.69 Å². The first-order chi connectivity index (χ1) is 10.6. The molecule has 0 radical (unpaired) electrons. The van der Waals surface area contributed by atoms with Crippen LogP contribution in [-0.2, 0) is 4.79 Å². The fraction of sp³-hybridized carbons (Fsp3) is 0.167. The Bertz CT molecular complexity index is 831. The Morgan fingerprint density at radius 3 is 2.95 bits per heavy atom. The molecule has 1 aromatic heterocycles. The summed E-state index contributed by atoms with van der Waals surface area (Å²) in [7, 11) is 0. The van der Waals surface area contributed by atoms with Crippen LogP contribution in [-0.4, -0.2) is 33.6 Å². The summed E-state index contributed by atoms with van der Waals surface area (Å²) in [6.07, 6.45) is 0. The predicted octanol–water partition coefficient (Wildman–Crippen LogP) is -0.0823. The first-order valence-electron chi connectivity index (χ1n) is 6.13. The van der Waals surface area contributed by atoms with Crippen LogP contribution in [0.5, 0.6) is 11.5 Å². The Balaban J connectivity index is 1.61. The van der Waals surface area contributed by atoms with Gasteiger partial charge in [-0.25, -0.2) is 9.89 Å². The van der Waals surface area contributed by atoms with Gasteiger partial charge in [-0.1, -0.05) is 11.8 Å². The summed E-state index contributed by atoms with van der Waals surface area (Å²) in [4.78, 5) is 36.1. The van der Waals surface area contributed by atoms with Gasteiger partial charge in [0.15, 0.2) is 16.5 Å². The third-order valence-electron chi connectivity index (χ3n) is 2.68. The molecular formula is C12H10N4O5S. The second kappa shape index (κ2) is 5.93. The quantitative estimate of drug-likeness (QED) is 0.672. The lowest BCUT2D eigenvalue weighted by Crippen LogP contribution is -2.25. The van der Waals surface area contributed by atoms with Gasteiger partial charge in [0.05, 0.1) is 5.75 Å². The van der Waals surface area contributed by atoms with Crippen molar-refractivity contribution < 1.29 is 14.3 Å². The van der Waals surface area contributed by atoms with Crippen molar-refractivity contribution in [1.82, 2.24) is 15.2 Å². The summed E-state index contributed by atoms with van der Waals surface area (Å²) in [5, 5.41) is 8.35. The fourth-order valence-electron chi connectivity index (χ4n) is 1.74. The van der Waals surface area contributed by atoms with E-state index in [1.807, 2.05) is 4.98 Å². The van der Waals surface area contributed by atoms with Crippen LogP contribution < -0.4 is 26.0 Å². The van der Waals surface area contributed by atoms with Crippen LogP contribution in [0.15, 0.2) is 32.8 Å². The largest absolute Gasteiger partial charge is 0.454 e. The van der Waals surface area contributed by atoms with E-state index < -0.39 is 11.2 Å². The number of nitrogens with zero attached hydrogens (tertiary/aromatic N) is 1. The number of ether oxygens (including phenoxy) is 2. The molecule has 0 aliphatic carbocycles. The van der Waals surface area contributed by atoms with E-state index in [1.165, 1.54) is 0 Å². The molecule has 1 aromatic carbocycles. The highest BCUT2D eigenvalue weighted by atomic mass is 32.2. The summed E-state index contributed by atoms with van der Waals surface area (Å²) in [5.74, 6) is 0.827. The van der Waals surface area contributed by atoms with Gasteiger partial charge in [0.1, 0.15) is 0 Å². The molecule has 1 aliphatic rings. The topological polar surface area (TPSA) is 126 Å². The standard InChI is InChI=1S/C12H10N4O5S/c17-9(4-22-11-10(18)14-12(19)16-15-11)13-6-1-2-7-8(3-6)21-5-20-7/h1-3H,4-5H2,(H,13,17)(H2,14,16,18,19). The van der Waals surface area contributed by atoms with E-state index in [-0.39, 0.29) is 23.5 Å². The molecule has 0 saturated carbocycles. The van der Waals surface area contributed by atoms with E-state index in [9.17, 15) is 14.4 Å². The zero-order valence-corrected chi connectivity index (χ0v) is 11.9. The van der Waals surface area contributed by atoms with Gasteiger partial charge < -0.3 is 14.8 Å². The number of amides is 1. The van der Waals surface area contributed by atoms with E-state index in [2.05, 4.69) is 15.5 Å². The van der Waals surface area contributed by atoms with Crippen molar-refractivity contribution in [3.63, 3.8) is 0 Å². The smallest absolute Gasteiger partial charge is 0.342 e. The highest BCUT2D eigenvalue weighted by molar-refractivity contribution is 7.99. The fourth-order valence-corrected chi connectivity index (χ4v) is 2.37. The number of hydrogen-bond acceptors (Lipinski definition) is 7. The lowest BCUT2D eigenvalue weighted by atomic mass is 10.3. The minimum absolute atomic E-state index is 0.0143. The minimum atomic E-state index is -0.695. The first-order valence-corrected chi connectivity index (χ1v) is 7.12. The van der Waals surface area contributed by atoms with Gasteiger partial charge in [0.2, 0.25) is 12.7 Å². The third-order valence-corrected chi connectivity index (χ3v) is 3.63. The van der Waals surface area contributed by atoms with Crippen molar-refractivity contribution in [1.29, 1.82) is 0 Å². The van der Waals surface area contributed by atoms with E-state index in [1.54, 1.807) is 18.2 Å². The van der Waals surface area contributed by atoms with Crippen molar-refractivity contribution in [3.8, 4) is 11.5 Å². The summed E-state index contributed by atoms with van der Waals surface area (Å²) >= 11 is 0.916. The van der Waals surface area contributed by atoms with E-state index in [0.29, 0.717) is 17.2 Å². The zero-order valence-electron chi connectivity index (χ0n) is 11.0. The molecule has 2 heterocycles. The average molecular weight is 322 g/mol. The van der Waals surface area contributed by atoms with Crippen molar-refractivity contribution in [2.24, 2.45) is 0 Å². The van der Waals surface area contributed by atoms with Crippen LogP contribution >= 0.6 is 11.8 Å². The molecule has 114 valence electrons. The number of thioether (sulfide) groups is 1. The van der Waals surface area contributed by atoms with E-state index in [4.69, 9.17) is 9.47 Å². The second-order valence-electron chi connectivity index (χ2n) is 4.22. The maximum atomic E-state index is 11.8. The molecule has 1 amide bonds. The average Bonchev–Trinajstić information content (AvgIpc) is 2.94. The molecule has 3 N–H and O–H groups in total. The van der Waals surface area contributed by atoms with Crippen LogP contribution in [0.1, 0.15) is 0 Å². The number of rotatable bonds is 4. The second-order valence-corrected chi connectivity index (χ2v) is 5.18. The van der Waals surface area contributed by atoms with Crippen molar-refractivity contribution in [2.75, 3.05) is 17.9 Å². The van der Waals surface area contributed by atoms with E-state index in [0.717, 1.165) is 11.8 Å². The van der Waals surface area contributed by atoms with Gasteiger partial charge >= 0.3 is 5.69 Å². The van der Waals surface area contributed by atoms with Gasteiger partial charge in [-0.15, -0.1) is 0 Å². The minimum Gasteiger partial charge on any atom is -0.454 e. The van der Waals surface area contributed by atoms with E-state index >= 15 is 0 Å². The molecular weight excluding hydrogens is 312 g/mol. The summed E-state index contributed by atoms with van der Waals surface area (Å²) in [6.45, 7) is 0.156. The number of H-pyrrole nitrogens is 2. The lowest BCUT2D eigenvalue weighted by molar-refractivity contribution is -0.113. The normalized spacial score (nSPS) is 12.2. The molecule has 0 spiro atoms. The molecule has 0 bridgehead atoms. The van der Waals surface area contributed by atoms with Gasteiger partial charge in [-0.2, -0.15) is 5.10 Å². The number of fused-ring (bicyclic) bond motifs is 1. The van der Waals surface area contributed by atoms with Gasteiger partial charge in [0, 0.05) is 11.8 Å². The van der Waals surface area contributed by atoms with Crippen LogP contribution in [0.25, 0.3) is 0 Å². The summed E-state index contributed by atoms with van der Waals surface area (Å²) in [5.41, 5.74) is -0.776. The molecule has 0 saturated heterocycles. The van der Waals surface area contributed by atoms with Crippen LogP contribution in [0.3, 0.4) is 0 Å². The van der Waals surface area contributed by atoms with Gasteiger partial charge in [0.25, 0.3) is 5.56 Å². The highest BCUT2D eigenvalue weighted by Crippen LogP contribution is 2.34. The number of aromatic amines is 2. The molecule has 0 unspecified atom stereocenters. The Kier molecular flexibility index (Phi) is 3.83. The maximum Gasteiger partial charge on any atom is 0.342 e. The Morgan fingerprint density at radius 1 is 1.32 bits per heavy atom. The number of aromatic nitrogens is 3. The molecule has 2 aromatic rings. The molecule has 10 heteroatoms. The molecule has 0 atom stereocenters. The Hall–Kier alpha value is -2.75. The van der Waals surface area contributed by atoms with Gasteiger partial charge in [-0.05, 0) is 12.1 Å². The maximum absolute atomic E-state index is 11.8. The number of carbonyl (C=O) groups excluding carboxylic acids is 1. The van der Waals surface area contributed by atoms with Gasteiger partial charge in [-0.3, -0.25) is 14.6 Å². The number of carbonyl (C=O) groups is 1. The Labute approximate surface area is 127 Å². The number of nitrogens with one attached hydrogen (secondary N) is 3. The SMILES string of the molecule is O=C(CSc1n[nH]c(=O)[nH]c1=O)Nc1ccc2c(c1)OCO2. The predicted molar refractivity (Wildman–Crippen MR) is 77.4 cm³/mol. The number of hydrogen-bond donors (Lipinski definition) is 3. The lowest BCUT2D eigenvalue weighted by Gasteiger charge is -2.05. The van der Waals surface area contributed by atoms with Crippen LogP contribution in [0, 0.1) is 0 Å². The van der Waals surface area contributed by atoms with Crippen molar-refractivity contribution in [2.45, 2.75) is 5.03 Å². The van der Waals surface area contributed by atoms with Crippen molar-refractivity contribution in [3.05, 3.63) is 39.0 Å². The molecule has 0 fully saturated rings. The molecule has 22 heavy (non-hydrogen) atoms. The van der Waals surface area contributed by atoms with Crippen molar-refractivity contribution >= 4 is 23.4 Å². The molecule has 1 aliphatic heterocycles. The first kappa shape index (κ1) is 14.2. The summed E-state index contributed by atoms with van der Waals surface area (Å²) in [6, 6.07) is 5.02. The zero-order chi connectivity index (χ0) is 15.5. The highest BCUT2D eigenvalue weighted by Gasteiger charge is 2.14.